The van der Waals surface area contributed by atoms with E-state index >= 15 is 0 Å². The lowest BCUT2D eigenvalue weighted by Gasteiger charge is -2.22. The number of halogens is 2. The van der Waals surface area contributed by atoms with E-state index < -0.39 is 0 Å². The fourth-order valence-electron chi connectivity index (χ4n) is 1.42. The van der Waals surface area contributed by atoms with E-state index in [9.17, 15) is 4.39 Å². The molecule has 0 atom stereocenters. The van der Waals surface area contributed by atoms with Gasteiger partial charge in [-0.15, -0.1) is 0 Å². The van der Waals surface area contributed by atoms with E-state index in [0.29, 0.717) is 0 Å². The zero-order valence-corrected chi connectivity index (χ0v) is 10.6. The minimum atomic E-state index is -0.100. The number of rotatable bonds is 0. The summed E-state index contributed by atoms with van der Waals surface area (Å²) in [6, 6.07) is 3.63. The summed E-state index contributed by atoms with van der Waals surface area (Å²) in [5, 5.41) is 0. The van der Waals surface area contributed by atoms with Crippen molar-refractivity contribution >= 4 is 22.6 Å². The highest BCUT2D eigenvalue weighted by molar-refractivity contribution is 14.1. The molecule has 0 saturated heterocycles. The van der Waals surface area contributed by atoms with E-state index in [-0.39, 0.29) is 11.2 Å². The van der Waals surface area contributed by atoms with Gasteiger partial charge in [0, 0.05) is 3.57 Å². The smallest absolute Gasteiger partial charge is 0.127 e. The standard InChI is InChI=1S/C11H14FI/c1-7-9(11(2,3)4)5-8(13)6-10(7)12/h5-6H,1-4H3. The first kappa shape index (κ1) is 11.0. The fraction of sp³-hybridized carbons (Fsp3) is 0.455. The molecule has 0 nitrogen and oxygen atoms in total. The van der Waals surface area contributed by atoms with E-state index in [1.165, 1.54) is 0 Å². The highest BCUT2D eigenvalue weighted by atomic mass is 127. The van der Waals surface area contributed by atoms with Crippen LogP contribution in [-0.4, -0.2) is 0 Å². The van der Waals surface area contributed by atoms with Gasteiger partial charge >= 0.3 is 0 Å². The minimum absolute atomic E-state index is 0.0199. The summed E-state index contributed by atoms with van der Waals surface area (Å²) < 4.78 is 14.3. The van der Waals surface area contributed by atoms with Gasteiger partial charge in [0.05, 0.1) is 0 Å². The first-order chi connectivity index (χ1) is 5.82. The molecule has 0 saturated carbocycles. The van der Waals surface area contributed by atoms with Gasteiger partial charge < -0.3 is 0 Å². The van der Waals surface area contributed by atoms with Crippen molar-refractivity contribution in [2.45, 2.75) is 33.1 Å². The molecule has 0 radical (unpaired) electrons. The Labute approximate surface area is 92.7 Å². The van der Waals surface area contributed by atoms with Crippen LogP contribution in [0.15, 0.2) is 12.1 Å². The van der Waals surface area contributed by atoms with Gasteiger partial charge in [0.2, 0.25) is 0 Å². The van der Waals surface area contributed by atoms with Gasteiger partial charge in [0.25, 0.3) is 0 Å². The Morgan fingerprint density at radius 1 is 1.23 bits per heavy atom. The van der Waals surface area contributed by atoms with Gasteiger partial charge in [0.15, 0.2) is 0 Å². The molecule has 0 aliphatic heterocycles. The lowest BCUT2D eigenvalue weighted by molar-refractivity contribution is 0.561. The van der Waals surface area contributed by atoms with Crippen molar-refractivity contribution in [3.05, 3.63) is 32.6 Å². The molecule has 0 fully saturated rings. The third-order valence-corrected chi connectivity index (χ3v) is 2.74. The third-order valence-electron chi connectivity index (χ3n) is 2.12. The van der Waals surface area contributed by atoms with Crippen molar-refractivity contribution in [1.29, 1.82) is 0 Å². The maximum Gasteiger partial charge on any atom is 0.127 e. The highest BCUT2D eigenvalue weighted by Gasteiger charge is 2.18. The van der Waals surface area contributed by atoms with Gasteiger partial charge in [-0.3, -0.25) is 0 Å². The maximum absolute atomic E-state index is 13.4. The Kier molecular flexibility index (Phi) is 3.00. The molecule has 1 aromatic carbocycles. The van der Waals surface area contributed by atoms with Gasteiger partial charge in [0.1, 0.15) is 5.82 Å². The molecule has 1 aromatic rings. The van der Waals surface area contributed by atoms with Crippen LogP contribution in [0.2, 0.25) is 0 Å². The van der Waals surface area contributed by atoms with Crippen molar-refractivity contribution in [2.24, 2.45) is 0 Å². The molecule has 2 heteroatoms. The zero-order chi connectivity index (χ0) is 10.2. The fourth-order valence-corrected chi connectivity index (χ4v) is 2.01. The second kappa shape index (κ2) is 3.56. The van der Waals surface area contributed by atoms with Crippen molar-refractivity contribution in [2.75, 3.05) is 0 Å². The normalized spacial score (nSPS) is 11.8. The van der Waals surface area contributed by atoms with E-state index in [1.807, 2.05) is 6.92 Å². The van der Waals surface area contributed by atoms with Crippen LogP contribution < -0.4 is 0 Å². The Morgan fingerprint density at radius 3 is 2.23 bits per heavy atom. The van der Waals surface area contributed by atoms with Gasteiger partial charge in [-0.05, 0) is 58.2 Å². The molecular weight excluding hydrogens is 278 g/mol. The molecule has 0 bridgehead atoms. The predicted octanol–water partition coefficient (Wildman–Crippen LogP) is 4.04. The monoisotopic (exact) mass is 292 g/mol. The van der Waals surface area contributed by atoms with Crippen LogP contribution in [0.4, 0.5) is 4.39 Å². The second-order valence-electron chi connectivity index (χ2n) is 4.31. The first-order valence-electron chi connectivity index (χ1n) is 4.28. The van der Waals surface area contributed by atoms with Crippen LogP contribution in [-0.2, 0) is 5.41 Å². The Hall–Kier alpha value is -0.120. The van der Waals surface area contributed by atoms with Crippen molar-refractivity contribution in [3.63, 3.8) is 0 Å². The number of hydrogen-bond donors (Lipinski definition) is 0. The average Bonchev–Trinajstić information content (AvgIpc) is 1.94. The summed E-state index contributed by atoms with van der Waals surface area (Å²) in [5.74, 6) is -0.100. The summed E-state index contributed by atoms with van der Waals surface area (Å²) in [5.41, 5.74) is 1.89. The molecule has 0 amide bonds. The largest absolute Gasteiger partial charge is 0.207 e. The van der Waals surface area contributed by atoms with Crippen LogP contribution in [0.25, 0.3) is 0 Å². The lowest BCUT2D eigenvalue weighted by Crippen LogP contribution is -2.14. The van der Waals surface area contributed by atoms with Gasteiger partial charge in [-0.2, -0.15) is 0 Å². The minimum Gasteiger partial charge on any atom is -0.207 e. The first-order valence-corrected chi connectivity index (χ1v) is 5.36. The van der Waals surface area contributed by atoms with Crippen LogP contribution in [0.3, 0.4) is 0 Å². The number of benzene rings is 1. The SMILES string of the molecule is Cc1c(F)cc(I)cc1C(C)(C)C. The molecule has 0 aromatic heterocycles. The molecule has 0 aliphatic carbocycles. The predicted molar refractivity (Wildman–Crippen MR) is 62.6 cm³/mol. The molecule has 72 valence electrons. The summed E-state index contributed by atoms with van der Waals surface area (Å²) in [7, 11) is 0. The third kappa shape index (κ3) is 2.42. The Balaban J connectivity index is 3.37. The van der Waals surface area contributed by atoms with Crippen LogP contribution in [0, 0.1) is 16.3 Å². The van der Waals surface area contributed by atoms with E-state index in [0.717, 1.165) is 14.7 Å². The van der Waals surface area contributed by atoms with Crippen molar-refractivity contribution in [1.82, 2.24) is 0 Å². The summed E-state index contributed by atoms with van der Waals surface area (Å²) >= 11 is 2.15. The van der Waals surface area contributed by atoms with Crippen LogP contribution >= 0.6 is 22.6 Å². The average molecular weight is 292 g/mol. The van der Waals surface area contributed by atoms with Gasteiger partial charge in [-0.25, -0.2) is 4.39 Å². The van der Waals surface area contributed by atoms with Crippen LogP contribution in [0.5, 0.6) is 0 Å². The van der Waals surface area contributed by atoms with E-state index in [4.69, 9.17) is 0 Å². The van der Waals surface area contributed by atoms with Crippen LogP contribution in [0.1, 0.15) is 31.9 Å². The quantitative estimate of drug-likeness (QED) is 0.633. The molecule has 0 N–H and O–H groups in total. The zero-order valence-electron chi connectivity index (χ0n) is 8.41. The molecule has 13 heavy (non-hydrogen) atoms. The maximum atomic E-state index is 13.4. The summed E-state index contributed by atoms with van der Waals surface area (Å²) in [6.07, 6.45) is 0. The molecule has 1 rings (SSSR count). The number of hydrogen-bond acceptors (Lipinski definition) is 0. The van der Waals surface area contributed by atoms with E-state index in [1.54, 1.807) is 6.07 Å². The molecule has 0 unspecified atom stereocenters. The molecular formula is C11H14FI. The topological polar surface area (TPSA) is 0 Å². The van der Waals surface area contributed by atoms with Crippen molar-refractivity contribution < 1.29 is 4.39 Å². The molecule has 0 heterocycles. The van der Waals surface area contributed by atoms with E-state index in [2.05, 4.69) is 49.4 Å². The lowest BCUT2D eigenvalue weighted by atomic mass is 9.84. The molecule has 0 aliphatic rings. The molecule has 0 spiro atoms. The second-order valence-corrected chi connectivity index (χ2v) is 5.56. The summed E-state index contributed by atoms with van der Waals surface area (Å²) in [6.45, 7) is 8.15. The highest BCUT2D eigenvalue weighted by Crippen LogP contribution is 2.28. The Bertz CT molecular complexity index is 324. The van der Waals surface area contributed by atoms with Crippen molar-refractivity contribution in [3.8, 4) is 0 Å². The van der Waals surface area contributed by atoms with Gasteiger partial charge in [-0.1, -0.05) is 20.8 Å². The summed E-state index contributed by atoms with van der Waals surface area (Å²) in [4.78, 5) is 0. The Morgan fingerprint density at radius 2 is 1.77 bits per heavy atom.